The molecule has 0 saturated carbocycles. The van der Waals surface area contributed by atoms with Gasteiger partial charge in [-0.1, -0.05) is 12.1 Å². The van der Waals surface area contributed by atoms with E-state index in [2.05, 4.69) is 20.8 Å². The van der Waals surface area contributed by atoms with Crippen molar-refractivity contribution in [1.82, 2.24) is 15.5 Å². The molecule has 0 unspecified atom stereocenters. The van der Waals surface area contributed by atoms with Crippen LogP contribution in [0, 0.1) is 0 Å². The fourth-order valence-electron chi connectivity index (χ4n) is 1.74. The Bertz CT molecular complexity index is 540. The number of aromatic amines is 1. The maximum Gasteiger partial charge on any atom is 0.319 e. The molecule has 0 saturated heterocycles. The molecule has 1 aromatic heterocycles. The van der Waals surface area contributed by atoms with E-state index in [0.717, 1.165) is 16.8 Å². The molecule has 0 bridgehead atoms. The average Bonchev–Trinajstić information content (AvgIpc) is 2.98. The van der Waals surface area contributed by atoms with Crippen LogP contribution in [0.1, 0.15) is 6.92 Å². The summed E-state index contributed by atoms with van der Waals surface area (Å²) in [4.78, 5) is 11.7. The number of urea groups is 1. The molecule has 0 spiro atoms. The number of anilines is 1. The van der Waals surface area contributed by atoms with Gasteiger partial charge in [0.15, 0.2) is 0 Å². The van der Waals surface area contributed by atoms with E-state index in [9.17, 15) is 4.79 Å². The Hall–Kier alpha value is -2.34. The van der Waals surface area contributed by atoms with Gasteiger partial charge in [-0.25, -0.2) is 4.79 Å². The van der Waals surface area contributed by atoms with Crippen LogP contribution in [0.4, 0.5) is 10.5 Å². The van der Waals surface area contributed by atoms with Gasteiger partial charge in [0.2, 0.25) is 0 Å². The number of rotatable bonds is 6. The number of nitrogens with zero attached hydrogens (tertiary/aromatic N) is 1. The summed E-state index contributed by atoms with van der Waals surface area (Å²) >= 11 is 0. The summed E-state index contributed by atoms with van der Waals surface area (Å²) in [6.07, 6.45) is 3.54. The molecule has 0 aliphatic rings. The predicted octanol–water partition coefficient (Wildman–Crippen LogP) is 2.23. The highest BCUT2D eigenvalue weighted by molar-refractivity contribution is 5.90. The van der Waals surface area contributed by atoms with Gasteiger partial charge in [0, 0.05) is 30.6 Å². The molecule has 0 atom stereocenters. The number of amides is 2. The van der Waals surface area contributed by atoms with Gasteiger partial charge < -0.3 is 15.4 Å². The zero-order valence-corrected chi connectivity index (χ0v) is 11.3. The molecule has 2 aromatic rings. The van der Waals surface area contributed by atoms with Crippen LogP contribution in [-0.2, 0) is 4.74 Å². The number of aromatic nitrogens is 2. The molecule has 2 amide bonds. The molecular formula is C14H18N4O2. The fraction of sp³-hybridized carbons (Fsp3) is 0.286. The number of hydrogen-bond donors (Lipinski definition) is 3. The van der Waals surface area contributed by atoms with E-state index in [0.29, 0.717) is 19.8 Å². The first-order valence-corrected chi connectivity index (χ1v) is 6.51. The molecular weight excluding hydrogens is 256 g/mol. The predicted molar refractivity (Wildman–Crippen MR) is 77.5 cm³/mol. The van der Waals surface area contributed by atoms with Gasteiger partial charge in [0.1, 0.15) is 0 Å². The lowest BCUT2D eigenvalue weighted by Crippen LogP contribution is -2.31. The SMILES string of the molecule is CCOCCNC(=O)Nc1cccc(-c2cn[nH]c2)c1. The van der Waals surface area contributed by atoms with Gasteiger partial charge in [-0.05, 0) is 24.6 Å². The second-order valence-electron chi connectivity index (χ2n) is 4.15. The molecule has 2 rings (SSSR count). The normalized spacial score (nSPS) is 10.2. The topological polar surface area (TPSA) is 79.0 Å². The third-order valence-electron chi connectivity index (χ3n) is 2.69. The van der Waals surface area contributed by atoms with E-state index < -0.39 is 0 Å². The second kappa shape index (κ2) is 7.30. The molecule has 6 nitrogen and oxygen atoms in total. The molecule has 0 radical (unpaired) electrons. The first-order chi connectivity index (χ1) is 9.79. The highest BCUT2D eigenvalue weighted by Gasteiger charge is 2.03. The summed E-state index contributed by atoms with van der Waals surface area (Å²) in [5, 5.41) is 12.2. The van der Waals surface area contributed by atoms with Crippen molar-refractivity contribution >= 4 is 11.7 Å². The van der Waals surface area contributed by atoms with Crippen molar-refractivity contribution in [1.29, 1.82) is 0 Å². The second-order valence-corrected chi connectivity index (χ2v) is 4.15. The first kappa shape index (κ1) is 14.1. The fourth-order valence-corrected chi connectivity index (χ4v) is 1.74. The Balaban J connectivity index is 1.90. The lowest BCUT2D eigenvalue weighted by atomic mass is 10.1. The number of hydrogen-bond acceptors (Lipinski definition) is 3. The molecule has 20 heavy (non-hydrogen) atoms. The van der Waals surface area contributed by atoms with Crippen LogP contribution in [0.2, 0.25) is 0 Å². The number of H-pyrrole nitrogens is 1. The minimum absolute atomic E-state index is 0.242. The van der Waals surface area contributed by atoms with Crippen molar-refractivity contribution in [3.63, 3.8) is 0 Å². The molecule has 0 fully saturated rings. The summed E-state index contributed by atoms with van der Waals surface area (Å²) in [6, 6.07) is 7.34. The summed E-state index contributed by atoms with van der Waals surface area (Å²) in [6.45, 7) is 3.57. The summed E-state index contributed by atoms with van der Waals surface area (Å²) in [5.41, 5.74) is 2.70. The summed E-state index contributed by atoms with van der Waals surface area (Å²) in [5.74, 6) is 0. The van der Waals surface area contributed by atoms with Crippen LogP contribution in [0.25, 0.3) is 11.1 Å². The Morgan fingerprint density at radius 1 is 1.40 bits per heavy atom. The van der Waals surface area contributed by atoms with Gasteiger partial charge in [0.05, 0.1) is 12.8 Å². The summed E-state index contributed by atoms with van der Waals surface area (Å²) < 4.78 is 5.15. The number of carbonyl (C=O) groups excluding carboxylic acids is 1. The number of nitrogens with one attached hydrogen (secondary N) is 3. The van der Waals surface area contributed by atoms with Crippen LogP contribution in [0.3, 0.4) is 0 Å². The Labute approximate surface area is 117 Å². The van der Waals surface area contributed by atoms with E-state index in [1.54, 1.807) is 12.4 Å². The van der Waals surface area contributed by atoms with Crippen LogP contribution in [0.5, 0.6) is 0 Å². The molecule has 1 aromatic carbocycles. The Morgan fingerprint density at radius 2 is 2.30 bits per heavy atom. The molecule has 0 aliphatic carbocycles. The van der Waals surface area contributed by atoms with Crippen molar-refractivity contribution in [3.05, 3.63) is 36.7 Å². The maximum absolute atomic E-state index is 11.7. The van der Waals surface area contributed by atoms with E-state index >= 15 is 0 Å². The quantitative estimate of drug-likeness (QED) is 0.707. The summed E-state index contributed by atoms with van der Waals surface area (Å²) in [7, 11) is 0. The van der Waals surface area contributed by atoms with Gasteiger partial charge >= 0.3 is 6.03 Å². The van der Waals surface area contributed by atoms with E-state index in [-0.39, 0.29) is 6.03 Å². The van der Waals surface area contributed by atoms with Crippen LogP contribution < -0.4 is 10.6 Å². The monoisotopic (exact) mass is 274 g/mol. The lowest BCUT2D eigenvalue weighted by Gasteiger charge is -2.08. The highest BCUT2D eigenvalue weighted by atomic mass is 16.5. The van der Waals surface area contributed by atoms with Crippen molar-refractivity contribution in [2.24, 2.45) is 0 Å². The van der Waals surface area contributed by atoms with Crippen LogP contribution in [-0.4, -0.2) is 36.0 Å². The molecule has 0 aliphatic heterocycles. The zero-order valence-electron chi connectivity index (χ0n) is 11.3. The molecule has 6 heteroatoms. The van der Waals surface area contributed by atoms with Crippen LogP contribution >= 0.6 is 0 Å². The minimum atomic E-state index is -0.242. The molecule has 1 heterocycles. The van der Waals surface area contributed by atoms with Crippen LogP contribution in [0.15, 0.2) is 36.7 Å². The van der Waals surface area contributed by atoms with Crippen molar-refractivity contribution in [2.75, 3.05) is 25.1 Å². The zero-order chi connectivity index (χ0) is 14.2. The number of benzene rings is 1. The molecule has 3 N–H and O–H groups in total. The maximum atomic E-state index is 11.7. The van der Waals surface area contributed by atoms with Gasteiger partial charge in [0.25, 0.3) is 0 Å². The van der Waals surface area contributed by atoms with E-state index in [1.165, 1.54) is 0 Å². The smallest absolute Gasteiger partial charge is 0.319 e. The highest BCUT2D eigenvalue weighted by Crippen LogP contribution is 2.21. The van der Waals surface area contributed by atoms with E-state index in [1.807, 2.05) is 31.2 Å². The van der Waals surface area contributed by atoms with Gasteiger partial charge in [-0.15, -0.1) is 0 Å². The van der Waals surface area contributed by atoms with E-state index in [4.69, 9.17) is 4.74 Å². The Morgan fingerprint density at radius 3 is 3.05 bits per heavy atom. The van der Waals surface area contributed by atoms with Crippen molar-refractivity contribution in [2.45, 2.75) is 6.92 Å². The van der Waals surface area contributed by atoms with Crippen molar-refractivity contribution < 1.29 is 9.53 Å². The van der Waals surface area contributed by atoms with Gasteiger partial charge in [-0.3, -0.25) is 5.10 Å². The standard InChI is InChI=1S/C14H18N4O2/c1-2-20-7-6-15-14(19)18-13-5-3-4-11(8-13)12-9-16-17-10-12/h3-5,8-10H,2,6-7H2,1H3,(H,16,17)(H2,15,18,19). The first-order valence-electron chi connectivity index (χ1n) is 6.51. The van der Waals surface area contributed by atoms with Gasteiger partial charge in [-0.2, -0.15) is 5.10 Å². The average molecular weight is 274 g/mol. The number of carbonyl (C=O) groups is 1. The Kier molecular flexibility index (Phi) is 5.14. The van der Waals surface area contributed by atoms with Crippen molar-refractivity contribution in [3.8, 4) is 11.1 Å². The third kappa shape index (κ3) is 4.10. The molecule has 106 valence electrons. The third-order valence-corrected chi connectivity index (χ3v) is 2.69. The minimum Gasteiger partial charge on any atom is -0.380 e. The number of ether oxygens (including phenoxy) is 1. The largest absolute Gasteiger partial charge is 0.380 e. The lowest BCUT2D eigenvalue weighted by molar-refractivity contribution is 0.150.